The molecule has 178 valence electrons. The molecule has 1 aromatic rings. The van der Waals surface area contributed by atoms with E-state index < -0.39 is 41.3 Å². The second-order valence-electron chi connectivity index (χ2n) is 9.58. The summed E-state index contributed by atoms with van der Waals surface area (Å²) >= 11 is 0. The number of benzene rings is 1. The smallest absolute Gasteiger partial charge is 0.352 e. The summed E-state index contributed by atoms with van der Waals surface area (Å²) in [5.74, 6) is -0.892. The maximum Gasteiger partial charge on any atom is 0.352 e. The highest BCUT2D eigenvalue weighted by Gasteiger charge is 2.71. The van der Waals surface area contributed by atoms with E-state index in [4.69, 9.17) is 14.2 Å². The summed E-state index contributed by atoms with van der Waals surface area (Å²) < 4.78 is 17.0. The number of hydrogen-bond donors (Lipinski definition) is 3. The molecule has 0 saturated carbocycles. The number of piperidine rings is 1. The van der Waals surface area contributed by atoms with Gasteiger partial charge in [0.1, 0.15) is 17.6 Å². The Morgan fingerprint density at radius 1 is 1.30 bits per heavy atom. The van der Waals surface area contributed by atoms with Crippen LogP contribution in [0.3, 0.4) is 0 Å². The van der Waals surface area contributed by atoms with Crippen LogP contribution < -0.4 is 4.74 Å². The molecule has 0 amide bonds. The molecule has 1 aromatic carbocycles. The van der Waals surface area contributed by atoms with Gasteiger partial charge < -0.3 is 34.4 Å². The highest BCUT2D eigenvalue weighted by atomic mass is 16.6. The summed E-state index contributed by atoms with van der Waals surface area (Å²) in [4.78, 5) is 26.6. The third-order valence-corrected chi connectivity index (χ3v) is 7.81. The van der Waals surface area contributed by atoms with Gasteiger partial charge >= 0.3 is 11.9 Å². The number of ether oxygens (including phenoxy) is 3. The largest absolute Gasteiger partial charge is 0.481 e. The lowest BCUT2D eigenvalue weighted by Crippen LogP contribution is -2.74. The average Bonchev–Trinajstić information content (AvgIpc) is 3.13. The maximum absolute atomic E-state index is 12.7. The van der Waals surface area contributed by atoms with Gasteiger partial charge in [0.15, 0.2) is 12.2 Å². The highest BCUT2D eigenvalue weighted by molar-refractivity contribution is 5.81. The lowest BCUT2D eigenvalue weighted by Gasteiger charge is -2.61. The van der Waals surface area contributed by atoms with Crippen LogP contribution in [0.1, 0.15) is 43.4 Å². The number of likely N-dealkylation sites (tertiary alicyclic amines) is 1. The lowest BCUT2D eigenvalue weighted by molar-refractivity contribution is -0.177. The van der Waals surface area contributed by atoms with Crippen molar-refractivity contribution in [1.29, 1.82) is 0 Å². The molecule has 2 bridgehead atoms. The zero-order chi connectivity index (χ0) is 23.7. The molecule has 0 unspecified atom stereocenters. The van der Waals surface area contributed by atoms with Crippen LogP contribution in [-0.2, 0) is 37.5 Å². The molecule has 5 rings (SSSR count). The Hall–Kier alpha value is -2.46. The third-order valence-electron chi connectivity index (χ3n) is 7.81. The number of nitrogens with zero attached hydrogens (tertiary/aromatic N) is 1. The first-order valence-corrected chi connectivity index (χ1v) is 11.3. The molecule has 33 heavy (non-hydrogen) atoms. The predicted octanol–water partition coefficient (Wildman–Crippen LogP) is 0.312. The predicted molar refractivity (Wildman–Crippen MR) is 114 cm³/mol. The molecular formula is C24H29NO8. The standard InChI is InChI=1S/C24H29NO8/c1-12(27)21(28)31-13(2)22(29)32-16-6-7-24(30)17-10-14-4-5-15(11-26)19-18(14)23(24,20(16)33-19)8-9-25(17)3/h4-6,12-13,17,20,26-27,30H,7-11H2,1-3H3/t12-,13-,17+,20-,23-,24+/m0/s1. The molecule has 2 aliphatic carbocycles. The number of carbonyl (C=O) groups excluding carboxylic acids is 2. The molecule has 2 aliphatic heterocycles. The van der Waals surface area contributed by atoms with Crippen LogP contribution in [0.25, 0.3) is 0 Å². The van der Waals surface area contributed by atoms with E-state index in [1.807, 2.05) is 19.2 Å². The minimum absolute atomic E-state index is 0.129. The van der Waals surface area contributed by atoms with E-state index >= 15 is 0 Å². The fourth-order valence-corrected chi connectivity index (χ4v) is 6.15. The van der Waals surface area contributed by atoms with E-state index in [0.717, 1.165) is 17.7 Å². The summed E-state index contributed by atoms with van der Waals surface area (Å²) in [7, 11) is 2.01. The Labute approximate surface area is 191 Å². The number of carbonyl (C=O) groups is 2. The third kappa shape index (κ3) is 2.92. The molecule has 6 atom stereocenters. The summed E-state index contributed by atoms with van der Waals surface area (Å²) in [6.07, 6.45) is -0.121. The second-order valence-corrected chi connectivity index (χ2v) is 9.58. The number of likely N-dealkylation sites (N-methyl/N-ethyl adjacent to an activating group) is 1. The van der Waals surface area contributed by atoms with Crippen molar-refractivity contribution < 1.29 is 39.1 Å². The fourth-order valence-electron chi connectivity index (χ4n) is 6.15. The zero-order valence-corrected chi connectivity index (χ0v) is 18.9. The van der Waals surface area contributed by atoms with E-state index in [9.17, 15) is 24.9 Å². The van der Waals surface area contributed by atoms with Crippen molar-refractivity contribution in [2.75, 3.05) is 13.6 Å². The van der Waals surface area contributed by atoms with Gasteiger partial charge in [-0.25, -0.2) is 9.59 Å². The molecule has 9 heteroatoms. The summed E-state index contributed by atoms with van der Waals surface area (Å²) in [5.41, 5.74) is 0.653. The molecule has 4 aliphatic rings. The lowest BCUT2D eigenvalue weighted by atomic mass is 9.50. The number of rotatable bonds is 5. The molecular weight excluding hydrogens is 430 g/mol. The SMILES string of the molecule is C[C@H](O)C(=O)O[C@@H](C)C(=O)OC1=CC[C@@]2(O)[C@H]3Cc4ccc(CO)c5c4[C@@]2(CCN3C)[C@H]1O5. The van der Waals surface area contributed by atoms with Crippen molar-refractivity contribution in [2.45, 2.75) is 75.1 Å². The average molecular weight is 459 g/mol. The van der Waals surface area contributed by atoms with Gasteiger partial charge in [0.2, 0.25) is 0 Å². The minimum Gasteiger partial charge on any atom is -0.481 e. The van der Waals surface area contributed by atoms with E-state index in [1.54, 1.807) is 6.08 Å². The van der Waals surface area contributed by atoms with E-state index in [2.05, 4.69) is 4.90 Å². The first kappa shape index (κ1) is 22.3. The van der Waals surface area contributed by atoms with Gasteiger partial charge in [0.05, 0.1) is 17.6 Å². The van der Waals surface area contributed by atoms with Gasteiger partial charge in [0.25, 0.3) is 0 Å². The minimum atomic E-state index is -1.36. The molecule has 0 radical (unpaired) electrons. The van der Waals surface area contributed by atoms with Gasteiger partial charge in [-0.2, -0.15) is 0 Å². The summed E-state index contributed by atoms with van der Waals surface area (Å²) in [6.45, 7) is 3.15. The summed E-state index contributed by atoms with van der Waals surface area (Å²) in [5, 5.41) is 31.4. The van der Waals surface area contributed by atoms with Gasteiger partial charge in [-0.05, 0) is 51.9 Å². The van der Waals surface area contributed by atoms with Crippen LogP contribution in [0.15, 0.2) is 24.0 Å². The molecule has 1 fully saturated rings. The van der Waals surface area contributed by atoms with E-state index in [-0.39, 0.29) is 24.8 Å². The number of aliphatic hydroxyl groups is 3. The topological polar surface area (TPSA) is 126 Å². The summed E-state index contributed by atoms with van der Waals surface area (Å²) in [6, 6.07) is 3.70. The number of esters is 2. The van der Waals surface area contributed by atoms with Crippen LogP contribution in [0.4, 0.5) is 0 Å². The van der Waals surface area contributed by atoms with Crippen LogP contribution in [0.2, 0.25) is 0 Å². The Morgan fingerprint density at radius 3 is 2.76 bits per heavy atom. The fraction of sp³-hybridized carbons (Fsp3) is 0.583. The van der Waals surface area contributed by atoms with Gasteiger partial charge in [-0.3, -0.25) is 0 Å². The molecule has 1 spiro atoms. The van der Waals surface area contributed by atoms with Gasteiger partial charge in [0, 0.05) is 23.6 Å². The number of aliphatic hydroxyl groups excluding tert-OH is 2. The van der Waals surface area contributed by atoms with Crippen molar-refractivity contribution in [3.05, 3.63) is 40.7 Å². The first-order chi connectivity index (χ1) is 15.6. The molecule has 0 aromatic heterocycles. The van der Waals surface area contributed by atoms with Crippen molar-refractivity contribution >= 4 is 11.9 Å². The van der Waals surface area contributed by atoms with Crippen molar-refractivity contribution in [3.8, 4) is 5.75 Å². The Balaban J connectivity index is 1.54. The molecule has 2 heterocycles. The van der Waals surface area contributed by atoms with E-state index in [1.165, 1.54) is 13.8 Å². The van der Waals surface area contributed by atoms with Crippen LogP contribution in [0, 0.1) is 0 Å². The second kappa shape index (κ2) is 7.53. The molecule has 9 nitrogen and oxygen atoms in total. The first-order valence-electron chi connectivity index (χ1n) is 11.3. The Kier molecular flexibility index (Phi) is 5.09. The monoisotopic (exact) mass is 459 g/mol. The molecule has 3 N–H and O–H groups in total. The maximum atomic E-state index is 12.7. The van der Waals surface area contributed by atoms with Gasteiger partial charge in [-0.1, -0.05) is 12.1 Å². The Bertz CT molecular complexity index is 1050. The van der Waals surface area contributed by atoms with E-state index in [0.29, 0.717) is 24.2 Å². The van der Waals surface area contributed by atoms with Crippen LogP contribution in [-0.4, -0.2) is 75.7 Å². The normalized spacial score (nSPS) is 33.3. The van der Waals surface area contributed by atoms with Crippen LogP contribution >= 0.6 is 0 Å². The molecule has 1 saturated heterocycles. The highest BCUT2D eigenvalue weighted by Crippen LogP contribution is 2.64. The number of hydrogen-bond acceptors (Lipinski definition) is 9. The van der Waals surface area contributed by atoms with Crippen LogP contribution in [0.5, 0.6) is 5.75 Å². The van der Waals surface area contributed by atoms with Crippen molar-refractivity contribution in [3.63, 3.8) is 0 Å². The van der Waals surface area contributed by atoms with Gasteiger partial charge in [-0.15, -0.1) is 0 Å². The Morgan fingerprint density at radius 2 is 2.06 bits per heavy atom. The zero-order valence-electron chi connectivity index (χ0n) is 18.9. The van der Waals surface area contributed by atoms with Crippen molar-refractivity contribution in [2.24, 2.45) is 0 Å². The van der Waals surface area contributed by atoms with Crippen molar-refractivity contribution in [1.82, 2.24) is 4.90 Å². The quantitative estimate of drug-likeness (QED) is 0.534.